The van der Waals surface area contributed by atoms with Gasteiger partial charge in [-0.15, -0.1) is 0 Å². The maximum Gasteiger partial charge on any atom is 0.320 e. The Kier molecular flexibility index (Phi) is 10.5. The van der Waals surface area contributed by atoms with Crippen LogP contribution in [0.5, 0.6) is 0 Å². The molecule has 2 rings (SSSR count). The average molecular weight is 565 g/mol. The summed E-state index contributed by atoms with van der Waals surface area (Å²) in [6, 6.07) is -1.88. The Morgan fingerprint density at radius 3 is 2.28 bits per heavy atom. The molecule has 180 valence electrons. The Labute approximate surface area is 201 Å². The van der Waals surface area contributed by atoms with E-state index in [2.05, 4.69) is 63.7 Å². The van der Waals surface area contributed by atoms with Crippen LogP contribution in [0.25, 0.3) is 0 Å². The minimum absolute atomic E-state index is 0.0866. The van der Waals surface area contributed by atoms with E-state index in [0.717, 1.165) is 25.9 Å². The normalized spacial score (nSPS) is 26.2. The van der Waals surface area contributed by atoms with Crippen LogP contribution in [0.2, 0.25) is 0 Å². The average Bonchev–Trinajstić information content (AvgIpc) is 3.44. The minimum Gasteiger partial charge on any atom is -0.481 e. The third-order valence-corrected chi connectivity index (χ3v) is 6.10. The minimum atomic E-state index is -1.18. The van der Waals surface area contributed by atoms with Gasteiger partial charge in [-0.3, -0.25) is 25.0 Å². The highest BCUT2D eigenvalue weighted by molar-refractivity contribution is 14.1. The van der Waals surface area contributed by atoms with Crippen LogP contribution in [0.3, 0.4) is 0 Å². The molecule has 0 bridgehead atoms. The summed E-state index contributed by atoms with van der Waals surface area (Å²) < 4.78 is 5.48. The van der Waals surface area contributed by atoms with E-state index in [-0.39, 0.29) is 16.3 Å². The number of allylic oxidation sites excluding steroid dienone is 2. The van der Waals surface area contributed by atoms with Crippen molar-refractivity contribution in [2.45, 2.75) is 73.4 Å². The van der Waals surface area contributed by atoms with E-state index in [1.165, 1.54) is 5.57 Å². The molecule has 0 aromatic carbocycles. The van der Waals surface area contributed by atoms with E-state index < -0.39 is 42.4 Å². The molecule has 3 unspecified atom stereocenters. The highest BCUT2D eigenvalue weighted by Crippen LogP contribution is 2.29. The summed E-state index contributed by atoms with van der Waals surface area (Å²) in [7, 11) is 0. The van der Waals surface area contributed by atoms with Crippen molar-refractivity contribution in [2.75, 3.05) is 13.1 Å². The van der Waals surface area contributed by atoms with E-state index >= 15 is 0 Å². The largest absolute Gasteiger partial charge is 0.481 e. The smallest absolute Gasteiger partial charge is 0.320 e. The number of carbonyl (C=O) groups is 3. The van der Waals surface area contributed by atoms with E-state index in [1.54, 1.807) is 0 Å². The van der Waals surface area contributed by atoms with Crippen molar-refractivity contribution < 1.29 is 34.4 Å². The van der Waals surface area contributed by atoms with Crippen LogP contribution in [0.1, 0.15) is 45.4 Å². The van der Waals surface area contributed by atoms with Crippen molar-refractivity contribution >= 4 is 40.5 Å². The molecular weight excluding hydrogens is 533 g/mol. The maximum absolute atomic E-state index is 11.5. The third kappa shape index (κ3) is 9.94. The molecule has 1 fully saturated rings. The van der Waals surface area contributed by atoms with Crippen LogP contribution in [0.4, 0.5) is 0 Å². The van der Waals surface area contributed by atoms with Gasteiger partial charge in [0.15, 0.2) is 12.5 Å². The van der Waals surface area contributed by atoms with Gasteiger partial charge in [0.25, 0.3) is 0 Å². The van der Waals surface area contributed by atoms with Crippen molar-refractivity contribution in [1.29, 1.82) is 0 Å². The summed E-state index contributed by atoms with van der Waals surface area (Å²) in [5, 5.41) is 36.3. The SMILES string of the molecule is CC1(I)C=CC(CNCCCC[C@H](NC2OC2N[C@@H](CCC(=O)O)C(=O)O)C(=O)O)=CC1. The Morgan fingerprint density at radius 2 is 1.75 bits per heavy atom. The first-order valence-electron chi connectivity index (χ1n) is 10.7. The molecule has 11 heteroatoms. The zero-order valence-electron chi connectivity index (χ0n) is 18.1. The number of carboxylic acid groups (broad SMARTS) is 3. The van der Waals surface area contributed by atoms with Crippen molar-refractivity contribution in [3.63, 3.8) is 0 Å². The van der Waals surface area contributed by atoms with Gasteiger partial charge >= 0.3 is 17.9 Å². The molecule has 5 atom stereocenters. The molecule has 0 spiro atoms. The van der Waals surface area contributed by atoms with Crippen LogP contribution in [-0.2, 0) is 19.1 Å². The van der Waals surface area contributed by atoms with Crippen LogP contribution < -0.4 is 16.0 Å². The predicted octanol–water partition coefficient (Wildman–Crippen LogP) is 1.46. The highest BCUT2D eigenvalue weighted by Gasteiger charge is 2.43. The lowest BCUT2D eigenvalue weighted by Crippen LogP contribution is -2.44. The third-order valence-electron chi connectivity index (χ3n) is 5.30. The fraction of sp³-hybridized carbons (Fsp3) is 0.667. The first-order chi connectivity index (χ1) is 15.1. The summed E-state index contributed by atoms with van der Waals surface area (Å²) in [6.45, 7) is 3.76. The number of unbranched alkanes of at least 4 members (excludes halogenated alkanes) is 1. The second kappa shape index (κ2) is 12.6. The molecule has 0 radical (unpaired) electrons. The molecular formula is C21H32IN3O7. The van der Waals surface area contributed by atoms with E-state index in [0.29, 0.717) is 12.8 Å². The van der Waals surface area contributed by atoms with E-state index in [9.17, 15) is 24.6 Å². The number of hydrogen-bond donors (Lipinski definition) is 6. The quantitative estimate of drug-likeness (QED) is 0.0700. The zero-order valence-corrected chi connectivity index (χ0v) is 20.2. The Bertz CT molecular complexity index is 741. The summed E-state index contributed by atoms with van der Waals surface area (Å²) in [6.07, 6.45) is 7.91. The number of nitrogens with one attached hydrogen (secondary N) is 3. The topological polar surface area (TPSA) is 161 Å². The van der Waals surface area contributed by atoms with Gasteiger partial charge in [-0.25, -0.2) is 0 Å². The first-order valence-corrected chi connectivity index (χ1v) is 11.8. The summed E-state index contributed by atoms with van der Waals surface area (Å²) >= 11 is 2.43. The van der Waals surface area contributed by atoms with Gasteiger partial charge in [-0.2, -0.15) is 0 Å². The number of carboxylic acids is 3. The zero-order chi connectivity index (χ0) is 23.7. The second-order valence-corrected chi connectivity index (χ2v) is 10.8. The molecule has 1 heterocycles. The van der Waals surface area contributed by atoms with Gasteiger partial charge in [-0.05, 0) is 44.7 Å². The highest BCUT2D eigenvalue weighted by atomic mass is 127. The lowest BCUT2D eigenvalue weighted by Gasteiger charge is -2.21. The standard InChI is InChI=1S/C21H32IN3O7/c1-21(22)9-7-13(8-10-21)12-23-11-3-2-4-14(19(28)29)24-17-18(32-17)25-15(20(30)31)5-6-16(26)27/h7-9,14-15,17-18,23-25H,2-6,10-12H2,1H3,(H,26,27)(H,28,29)(H,30,31)/t14-,15-,17?,18?,21?/m0/s1. The summed E-state index contributed by atoms with van der Waals surface area (Å²) in [4.78, 5) is 33.4. The summed E-state index contributed by atoms with van der Waals surface area (Å²) in [5.74, 6) is -3.25. The first kappa shape index (κ1) is 26.7. The molecule has 0 aromatic rings. The van der Waals surface area contributed by atoms with Crippen molar-refractivity contribution in [3.05, 3.63) is 23.8 Å². The van der Waals surface area contributed by atoms with Gasteiger partial charge in [0, 0.05) is 16.4 Å². The van der Waals surface area contributed by atoms with Crippen molar-refractivity contribution in [3.8, 4) is 0 Å². The number of hydrogen-bond acceptors (Lipinski definition) is 7. The Hall–Kier alpha value is -1.54. The molecule has 10 nitrogen and oxygen atoms in total. The lowest BCUT2D eigenvalue weighted by molar-refractivity contribution is -0.142. The van der Waals surface area contributed by atoms with Gasteiger partial charge in [-0.1, -0.05) is 47.2 Å². The number of halogens is 1. The summed E-state index contributed by atoms with van der Waals surface area (Å²) in [5.41, 5.74) is 1.26. The molecule has 0 amide bonds. The van der Waals surface area contributed by atoms with E-state index in [1.807, 2.05) is 0 Å². The Balaban J connectivity index is 1.62. The number of ether oxygens (including phenoxy) is 1. The number of alkyl halides is 1. The Morgan fingerprint density at radius 1 is 1.12 bits per heavy atom. The van der Waals surface area contributed by atoms with Gasteiger partial charge in [0.2, 0.25) is 0 Å². The maximum atomic E-state index is 11.5. The molecule has 32 heavy (non-hydrogen) atoms. The molecule has 6 N–H and O–H groups in total. The molecule has 0 saturated carbocycles. The van der Waals surface area contributed by atoms with Crippen LogP contribution in [0, 0.1) is 0 Å². The number of aliphatic carboxylic acids is 3. The van der Waals surface area contributed by atoms with Crippen LogP contribution in [0.15, 0.2) is 23.8 Å². The molecule has 1 aliphatic carbocycles. The monoisotopic (exact) mass is 565 g/mol. The second-order valence-electron chi connectivity index (χ2n) is 8.29. The van der Waals surface area contributed by atoms with Crippen molar-refractivity contribution in [2.24, 2.45) is 0 Å². The van der Waals surface area contributed by atoms with Crippen LogP contribution in [-0.4, -0.2) is 74.3 Å². The fourth-order valence-electron chi connectivity index (χ4n) is 3.30. The lowest BCUT2D eigenvalue weighted by atomic mass is 9.98. The number of epoxide rings is 1. The van der Waals surface area contributed by atoms with Crippen molar-refractivity contribution in [1.82, 2.24) is 16.0 Å². The molecule has 1 aliphatic heterocycles. The number of rotatable bonds is 16. The van der Waals surface area contributed by atoms with Gasteiger partial charge < -0.3 is 25.4 Å². The molecule has 2 aliphatic rings. The van der Waals surface area contributed by atoms with E-state index in [4.69, 9.17) is 9.84 Å². The van der Waals surface area contributed by atoms with Gasteiger partial charge in [0.05, 0.1) is 0 Å². The van der Waals surface area contributed by atoms with Gasteiger partial charge in [0.1, 0.15) is 12.1 Å². The molecule has 1 saturated heterocycles. The predicted molar refractivity (Wildman–Crippen MR) is 126 cm³/mol. The molecule has 0 aromatic heterocycles. The van der Waals surface area contributed by atoms with Crippen LogP contribution >= 0.6 is 22.6 Å². The fourth-order valence-corrected chi connectivity index (χ4v) is 3.70.